The number of carbonyl (C=O) groups is 3. The van der Waals surface area contributed by atoms with Gasteiger partial charge in [0.1, 0.15) is 5.69 Å². The zero-order valence-corrected chi connectivity index (χ0v) is 11.4. The average Bonchev–Trinajstić information content (AvgIpc) is 2.47. The average molecular weight is 291 g/mol. The van der Waals surface area contributed by atoms with E-state index in [1.54, 1.807) is 0 Å². The highest BCUT2D eigenvalue weighted by atomic mass is 16.4. The predicted octanol–water partition coefficient (Wildman–Crippen LogP) is 0.554. The Hall–Kier alpha value is -2.44. The van der Waals surface area contributed by atoms with E-state index in [1.807, 2.05) is 0 Å². The zero-order chi connectivity index (χ0) is 15.4. The van der Waals surface area contributed by atoms with Crippen molar-refractivity contribution < 1.29 is 19.5 Å². The quantitative estimate of drug-likeness (QED) is 0.747. The molecule has 2 rings (SSSR count). The minimum atomic E-state index is -1.19. The van der Waals surface area contributed by atoms with Gasteiger partial charge in [0, 0.05) is 18.2 Å². The maximum atomic E-state index is 12.1. The molecular weight excluding hydrogens is 274 g/mol. The van der Waals surface area contributed by atoms with Crippen molar-refractivity contribution in [1.82, 2.24) is 10.3 Å². The van der Waals surface area contributed by atoms with Crippen LogP contribution in [-0.2, 0) is 4.79 Å². The van der Waals surface area contributed by atoms with E-state index in [0.717, 1.165) is 0 Å². The molecule has 0 aromatic carbocycles. The Labute approximate surface area is 121 Å². The van der Waals surface area contributed by atoms with Gasteiger partial charge in [-0.1, -0.05) is 0 Å². The van der Waals surface area contributed by atoms with Gasteiger partial charge in [0.2, 0.25) is 5.91 Å². The van der Waals surface area contributed by atoms with Gasteiger partial charge in [0.15, 0.2) is 0 Å². The molecule has 4 N–H and O–H groups in total. The number of hydrogen-bond acceptors (Lipinski definition) is 4. The third-order valence-electron chi connectivity index (χ3n) is 3.72. The first kappa shape index (κ1) is 15.0. The van der Waals surface area contributed by atoms with Gasteiger partial charge in [0.05, 0.1) is 5.56 Å². The highest BCUT2D eigenvalue weighted by Gasteiger charge is 2.27. The van der Waals surface area contributed by atoms with Crippen molar-refractivity contribution in [3.8, 4) is 0 Å². The SMILES string of the molecule is NC(=O)C1CCC(NC(=O)c2ncccc2C(=O)O)CC1. The lowest BCUT2D eigenvalue weighted by atomic mass is 9.85. The lowest BCUT2D eigenvalue weighted by molar-refractivity contribution is -0.122. The standard InChI is InChI=1S/C14H17N3O4/c15-12(18)8-3-5-9(6-4-8)17-13(19)11-10(14(20)21)2-1-7-16-11/h1-2,7-9H,3-6H2,(H2,15,18)(H,17,19)(H,20,21). The number of carboxylic acids is 1. The minimum Gasteiger partial charge on any atom is -0.478 e. The minimum absolute atomic E-state index is 0.0863. The molecule has 1 aliphatic carbocycles. The normalized spacial score (nSPS) is 21.5. The number of nitrogens with one attached hydrogen (secondary N) is 1. The van der Waals surface area contributed by atoms with Gasteiger partial charge in [-0.05, 0) is 37.8 Å². The Bertz CT molecular complexity index is 565. The molecule has 1 aliphatic rings. The van der Waals surface area contributed by atoms with Gasteiger partial charge in [-0.15, -0.1) is 0 Å². The van der Waals surface area contributed by atoms with E-state index in [2.05, 4.69) is 10.3 Å². The van der Waals surface area contributed by atoms with E-state index < -0.39 is 11.9 Å². The third-order valence-corrected chi connectivity index (χ3v) is 3.72. The van der Waals surface area contributed by atoms with Gasteiger partial charge in [-0.25, -0.2) is 4.79 Å². The molecule has 0 radical (unpaired) electrons. The lowest BCUT2D eigenvalue weighted by Crippen LogP contribution is -2.40. The summed E-state index contributed by atoms with van der Waals surface area (Å²) in [6.07, 6.45) is 3.94. The molecular formula is C14H17N3O4. The third kappa shape index (κ3) is 3.56. The van der Waals surface area contributed by atoms with Crippen molar-refractivity contribution in [1.29, 1.82) is 0 Å². The topological polar surface area (TPSA) is 122 Å². The molecule has 21 heavy (non-hydrogen) atoms. The fraction of sp³-hybridized carbons (Fsp3) is 0.429. The van der Waals surface area contributed by atoms with Crippen molar-refractivity contribution in [3.05, 3.63) is 29.6 Å². The van der Waals surface area contributed by atoms with Crippen molar-refractivity contribution in [3.63, 3.8) is 0 Å². The number of amides is 2. The first-order valence-electron chi connectivity index (χ1n) is 6.77. The van der Waals surface area contributed by atoms with Crippen molar-refractivity contribution >= 4 is 17.8 Å². The molecule has 0 bridgehead atoms. The summed E-state index contributed by atoms with van der Waals surface area (Å²) in [6, 6.07) is 2.73. The van der Waals surface area contributed by atoms with Crippen LogP contribution in [-0.4, -0.2) is 33.9 Å². The Morgan fingerprint density at radius 1 is 1.24 bits per heavy atom. The van der Waals surface area contributed by atoms with Crippen LogP contribution < -0.4 is 11.1 Å². The van der Waals surface area contributed by atoms with Crippen molar-refractivity contribution in [2.45, 2.75) is 31.7 Å². The second-order valence-corrected chi connectivity index (χ2v) is 5.13. The summed E-state index contributed by atoms with van der Waals surface area (Å²) < 4.78 is 0. The number of aromatic nitrogens is 1. The smallest absolute Gasteiger partial charge is 0.338 e. The highest BCUT2D eigenvalue weighted by molar-refractivity contribution is 6.03. The molecule has 0 aliphatic heterocycles. The van der Waals surface area contributed by atoms with Crippen LogP contribution in [0.4, 0.5) is 0 Å². The Morgan fingerprint density at radius 3 is 2.48 bits per heavy atom. The maximum absolute atomic E-state index is 12.1. The van der Waals surface area contributed by atoms with Crippen LogP contribution >= 0.6 is 0 Å². The first-order valence-corrected chi connectivity index (χ1v) is 6.77. The van der Waals surface area contributed by atoms with E-state index in [-0.39, 0.29) is 29.1 Å². The molecule has 7 nitrogen and oxygen atoms in total. The fourth-order valence-corrected chi connectivity index (χ4v) is 2.53. The molecule has 1 aromatic heterocycles. The number of nitrogens with zero attached hydrogens (tertiary/aromatic N) is 1. The summed E-state index contributed by atoms with van der Waals surface area (Å²) in [5.74, 6) is -2.14. The molecule has 1 saturated carbocycles. The van der Waals surface area contributed by atoms with Gasteiger partial charge >= 0.3 is 5.97 Å². The van der Waals surface area contributed by atoms with Crippen molar-refractivity contribution in [2.24, 2.45) is 11.7 Å². The van der Waals surface area contributed by atoms with Crippen LogP contribution in [0.2, 0.25) is 0 Å². The van der Waals surface area contributed by atoms with Gasteiger partial charge in [0.25, 0.3) is 5.91 Å². The van der Waals surface area contributed by atoms with Crippen LogP contribution in [0.25, 0.3) is 0 Å². The predicted molar refractivity (Wildman–Crippen MR) is 73.6 cm³/mol. The van der Waals surface area contributed by atoms with Gasteiger partial charge in [-0.3, -0.25) is 14.6 Å². The number of nitrogens with two attached hydrogens (primary N) is 1. The molecule has 0 atom stereocenters. The molecule has 2 amide bonds. The summed E-state index contributed by atoms with van der Waals surface area (Å²) in [6.45, 7) is 0. The number of pyridine rings is 1. The number of aromatic carboxylic acids is 1. The fourth-order valence-electron chi connectivity index (χ4n) is 2.53. The van der Waals surface area contributed by atoms with E-state index in [0.29, 0.717) is 25.7 Å². The van der Waals surface area contributed by atoms with Crippen LogP contribution in [0.1, 0.15) is 46.5 Å². The van der Waals surface area contributed by atoms with Crippen molar-refractivity contribution in [2.75, 3.05) is 0 Å². The lowest BCUT2D eigenvalue weighted by Gasteiger charge is -2.27. The summed E-state index contributed by atoms with van der Waals surface area (Å²) in [5, 5.41) is 11.8. The van der Waals surface area contributed by atoms with Crippen LogP contribution in [0.3, 0.4) is 0 Å². The summed E-state index contributed by atoms with van der Waals surface area (Å²) in [5.41, 5.74) is 5.04. The molecule has 0 spiro atoms. The largest absolute Gasteiger partial charge is 0.478 e. The Kier molecular flexibility index (Phi) is 4.52. The number of carbonyl (C=O) groups excluding carboxylic acids is 2. The van der Waals surface area contributed by atoms with E-state index in [9.17, 15) is 14.4 Å². The molecule has 112 valence electrons. The second-order valence-electron chi connectivity index (χ2n) is 5.13. The van der Waals surface area contributed by atoms with Gasteiger partial charge < -0.3 is 16.2 Å². The number of carboxylic acid groups (broad SMARTS) is 1. The molecule has 0 saturated heterocycles. The molecule has 1 aromatic rings. The number of hydrogen-bond donors (Lipinski definition) is 3. The second kappa shape index (κ2) is 6.34. The maximum Gasteiger partial charge on any atom is 0.338 e. The van der Waals surface area contributed by atoms with Crippen LogP contribution in [0.15, 0.2) is 18.3 Å². The number of primary amides is 1. The summed E-state index contributed by atoms with van der Waals surface area (Å²) in [7, 11) is 0. The number of rotatable bonds is 4. The van der Waals surface area contributed by atoms with E-state index in [4.69, 9.17) is 10.8 Å². The highest BCUT2D eigenvalue weighted by Crippen LogP contribution is 2.24. The molecule has 0 unspecified atom stereocenters. The zero-order valence-electron chi connectivity index (χ0n) is 11.4. The van der Waals surface area contributed by atoms with Crippen LogP contribution in [0.5, 0.6) is 0 Å². The summed E-state index contributed by atoms with van der Waals surface area (Å²) in [4.78, 5) is 38.1. The molecule has 1 fully saturated rings. The van der Waals surface area contributed by atoms with E-state index in [1.165, 1.54) is 18.3 Å². The Balaban J connectivity index is 2.00. The summed E-state index contributed by atoms with van der Waals surface area (Å²) >= 11 is 0. The first-order chi connectivity index (χ1) is 9.99. The Morgan fingerprint density at radius 2 is 1.90 bits per heavy atom. The monoisotopic (exact) mass is 291 g/mol. The molecule has 1 heterocycles. The van der Waals surface area contributed by atoms with Gasteiger partial charge in [-0.2, -0.15) is 0 Å². The molecule has 7 heteroatoms. The van der Waals surface area contributed by atoms with Crippen LogP contribution in [0, 0.1) is 5.92 Å². The van der Waals surface area contributed by atoms with E-state index >= 15 is 0 Å².